The number of rotatable bonds is 1. The molecule has 0 spiro atoms. The normalized spacial score (nSPS) is 36.5. The minimum absolute atomic E-state index is 0.0450. The van der Waals surface area contributed by atoms with E-state index in [1.54, 1.807) is 7.11 Å². The molecular weight excluding hydrogens is 274 g/mol. The molecule has 0 bridgehead atoms. The fourth-order valence-electron chi connectivity index (χ4n) is 5.62. The molecule has 0 aliphatic heterocycles. The average molecular weight is 299 g/mol. The van der Waals surface area contributed by atoms with E-state index in [0.717, 1.165) is 43.5 Å². The van der Waals surface area contributed by atoms with E-state index >= 15 is 0 Å². The number of ketones is 1. The lowest BCUT2D eigenvalue weighted by Gasteiger charge is -2.48. The third kappa shape index (κ3) is 1.71. The molecule has 3 aliphatic rings. The molecule has 0 aromatic heterocycles. The van der Waals surface area contributed by atoms with Crippen LogP contribution in [0.3, 0.4) is 0 Å². The number of hydrogen-bond donors (Lipinski definition) is 1. The second kappa shape index (κ2) is 4.74. The summed E-state index contributed by atoms with van der Waals surface area (Å²) >= 11 is 0. The third-order valence-corrected chi connectivity index (χ3v) is 6.85. The van der Waals surface area contributed by atoms with E-state index in [1.807, 2.05) is 6.07 Å². The molecule has 3 heteroatoms. The van der Waals surface area contributed by atoms with Gasteiger partial charge in [0.2, 0.25) is 0 Å². The summed E-state index contributed by atoms with van der Waals surface area (Å²) in [4.78, 5) is 12.4. The first-order chi connectivity index (χ1) is 10.6. The number of methoxy groups -OCH3 is 1. The Kier molecular flexibility index (Phi) is 3.04. The minimum Gasteiger partial charge on any atom is -0.495 e. The molecule has 0 saturated heterocycles. The van der Waals surface area contributed by atoms with Crippen LogP contribution in [-0.4, -0.2) is 12.9 Å². The molecule has 22 heavy (non-hydrogen) atoms. The van der Waals surface area contributed by atoms with Crippen molar-refractivity contribution in [3.05, 3.63) is 23.3 Å². The maximum atomic E-state index is 12.4. The van der Waals surface area contributed by atoms with Gasteiger partial charge in [-0.3, -0.25) is 4.79 Å². The van der Waals surface area contributed by atoms with E-state index in [0.29, 0.717) is 23.5 Å². The number of ether oxygens (including phenoxy) is 1. The summed E-state index contributed by atoms with van der Waals surface area (Å²) in [6.07, 6.45) is 6.26. The lowest BCUT2D eigenvalue weighted by atomic mass is 9.55. The van der Waals surface area contributed by atoms with Crippen molar-refractivity contribution in [2.75, 3.05) is 12.8 Å². The van der Waals surface area contributed by atoms with Crippen LogP contribution in [0.25, 0.3) is 0 Å². The number of carbonyl (C=O) groups excluding carboxylic acids is 1. The average Bonchev–Trinajstić information content (AvgIpc) is 2.83. The standard InChI is InChI=1S/C19H25NO2/c1-19-10-9-12-11-5-7-16(22-2)18(20)14(11)4-3-13(12)15(19)6-8-17(19)21/h5,7,12-13,15H,3-4,6,8-10,20H2,1-2H3. The number of nitrogen functional groups attached to an aromatic ring is 1. The zero-order chi connectivity index (χ0) is 15.5. The zero-order valence-corrected chi connectivity index (χ0v) is 13.5. The van der Waals surface area contributed by atoms with Gasteiger partial charge in [-0.2, -0.15) is 0 Å². The number of anilines is 1. The summed E-state index contributed by atoms with van der Waals surface area (Å²) in [5.41, 5.74) is 9.82. The molecule has 1 aromatic carbocycles. The van der Waals surface area contributed by atoms with Crippen LogP contribution in [-0.2, 0) is 11.2 Å². The van der Waals surface area contributed by atoms with Crippen molar-refractivity contribution < 1.29 is 9.53 Å². The lowest BCUT2D eigenvalue weighted by molar-refractivity contribution is -0.129. The Morgan fingerprint density at radius 1 is 1.23 bits per heavy atom. The molecule has 1 aromatic rings. The number of hydrogen-bond acceptors (Lipinski definition) is 3. The highest BCUT2D eigenvalue weighted by Gasteiger charge is 2.54. The summed E-state index contributed by atoms with van der Waals surface area (Å²) < 4.78 is 5.38. The molecule has 4 rings (SSSR count). The van der Waals surface area contributed by atoms with E-state index in [-0.39, 0.29) is 5.41 Å². The van der Waals surface area contributed by atoms with Gasteiger partial charge in [-0.1, -0.05) is 13.0 Å². The Balaban J connectivity index is 1.73. The number of benzene rings is 1. The molecule has 0 amide bonds. The summed E-state index contributed by atoms with van der Waals surface area (Å²) in [6.45, 7) is 2.22. The molecular formula is C19H25NO2. The quantitative estimate of drug-likeness (QED) is 0.804. The molecule has 0 radical (unpaired) electrons. The maximum absolute atomic E-state index is 12.4. The maximum Gasteiger partial charge on any atom is 0.142 e. The molecule has 0 heterocycles. The van der Waals surface area contributed by atoms with Gasteiger partial charge in [-0.05, 0) is 67.1 Å². The van der Waals surface area contributed by atoms with Crippen LogP contribution >= 0.6 is 0 Å². The molecule has 4 atom stereocenters. The van der Waals surface area contributed by atoms with E-state index < -0.39 is 0 Å². The van der Waals surface area contributed by atoms with E-state index in [9.17, 15) is 4.79 Å². The molecule has 2 saturated carbocycles. The van der Waals surface area contributed by atoms with Gasteiger partial charge in [0.25, 0.3) is 0 Å². The van der Waals surface area contributed by atoms with Crippen LogP contribution in [0.2, 0.25) is 0 Å². The SMILES string of the molecule is COc1ccc2c(c1N)CCC1C2CCC2(C)C(=O)CCC12. The summed E-state index contributed by atoms with van der Waals surface area (Å²) in [6, 6.07) is 4.24. The van der Waals surface area contributed by atoms with Crippen LogP contribution in [0.4, 0.5) is 5.69 Å². The van der Waals surface area contributed by atoms with Crippen molar-refractivity contribution in [1.29, 1.82) is 0 Å². The Labute approximate surface area is 132 Å². The minimum atomic E-state index is -0.0450. The van der Waals surface area contributed by atoms with Crippen molar-refractivity contribution in [2.45, 2.75) is 51.4 Å². The van der Waals surface area contributed by atoms with Crippen LogP contribution in [0.15, 0.2) is 12.1 Å². The van der Waals surface area contributed by atoms with Crippen molar-refractivity contribution >= 4 is 11.5 Å². The van der Waals surface area contributed by atoms with Gasteiger partial charge in [0.1, 0.15) is 11.5 Å². The fourth-order valence-corrected chi connectivity index (χ4v) is 5.62. The topological polar surface area (TPSA) is 52.3 Å². The highest BCUT2D eigenvalue weighted by atomic mass is 16.5. The van der Waals surface area contributed by atoms with Crippen molar-refractivity contribution in [3.63, 3.8) is 0 Å². The Morgan fingerprint density at radius 2 is 2.05 bits per heavy atom. The Hall–Kier alpha value is -1.51. The Bertz CT molecular complexity index is 639. The molecule has 2 fully saturated rings. The van der Waals surface area contributed by atoms with Gasteiger partial charge in [0.05, 0.1) is 12.8 Å². The highest BCUT2D eigenvalue weighted by molar-refractivity contribution is 5.87. The van der Waals surface area contributed by atoms with E-state index in [2.05, 4.69) is 13.0 Å². The Morgan fingerprint density at radius 3 is 2.82 bits per heavy atom. The van der Waals surface area contributed by atoms with E-state index in [4.69, 9.17) is 10.5 Å². The van der Waals surface area contributed by atoms with Gasteiger partial charge in [-0.15, -0.1) is 0 Å². The molecule has 3 nitrogen and oxygen atoms in total. The predicted octanol–water partition coefficient (Wildman–Crippen LogP) is 3.70. The second-order valence-corrected chi connectivity index (χ2v) is 7.58. The number of nitrogens with two attached hydrogens (primary N) is 1. The van der Waals surface area contributed by atoms with Gasteiger partial charge in [-0.25, -0.2) is 0 Å². The molecule has 4 unspecified atom stereocenters. The first-order valence-corrected chi connectivity index (χ1v) is 8.55. The number of carbonyl (C=O) groups is 1. The monoisotopic (exact) mass is 299 g/mol. The van der Waals surface area contributed by atoms with Crippen LogP contribution in [0.1, 0.15) is 56.1 Å². The summed E-state index contributed by atoms with van der Waals surface area (Å²) in [5, 5.41) is 0. The largest absolute Gasteiger partial charge is 0.495 e. The smallest absolute Gasteiger partial charge is 0.142 e. The van der Waals surface area contributed by atoms with Gasteiger partial charge >= 0.3 is 0 Å². The highest BCUT2D eigenvalue weighted by Crippen LogP contribution is 2.60. The molecule has 118 valence electrons. The van der Waals surface area contributed by atoms with Crippen LogP contribution in [0.5, 0.6) is 5.75 Å². The molecule has 2 N–H and O–H groups in total. The fraction of sp³-hybridized carbons (Fsp3) is 0.632. The van der Waals surface area contributed by atoms with E-state index in [1.165, 1.54) is 17.5 Å². The lowest BCUT2D eigenvalue weighted by Crippen LogP contribution is -2.42. The van der Waals surface area contributed by atoms with Gasteiger partial charge in [0, 0.05) is 11.8 Å². The third-order valence-electron chi connectivity index (χ3n) is 6.85. The first kappa shape index (κ1) is 14.1. The number of Topliss-reactive ketones (excluding diaryl/α,β-unsaturated/α-hetero) is 1. The van der Waals surface area contributed by atoms with Crippen molar-refractivity contribution in [3.8, 4) is 5.75 Å². The van der Waals surface area contributed by atoms with Gasteiger partial charge < -0.3 is 10.5 Å². The zero-order valence-electron chi connectivity index (χ0n) is 13.5. The van der Waals surface area contributed by atoms with Crippen LogP contribution in [0, 0.1) is 17.3 Å². The van der Waals surface area contributed by atoms with Crippen molar-refractivity contribution in [2.24, 2.45) is 17.3 Å². The van der Waals surface area contributed by atoms with Crippen molar-refractivity contribution in [1.82, 2.24) is 0 Å². The number of fused-ring (bicyclic) bond motifs is 5. The molecule has 3 aliphatic carbocycles. The summed E-state index contributed by atoms with van der Waals surface area (Å²) in [5.74, 6) is 3.13. The van der Waals surface area contributed by atoms with Crippen LogP contribution < -0.4 is 10.5 Å². The second-order valence-electron chi connectivity index (χ2n) is 7.58. The predicted molar refractivity (Wildman–Crippen MR) is 87.0 cm³/mol. The first-order valence-electron chi connectivity index (χ1n) is 8.55. The summed E-state index contributed by atoms with van der Waals surface area (Å²) in [7, 11) is 1.68. The van der Waals surface area contributed by atoms with Gasteiger partial charge in [0.15, 0.2) is 0 Å².